The average Bonchev–Trinajstić information content (AvgIpc) is 2.91. The molecule has 8 heteroatoms. The molecule has 21 heavy (non-hydrogen) atoms. The van der Waals surface area contributed by atoms with Crippen molar-refractivity contribution in [3.63, 3.8) is 0 Å². The van der Waals surface area contributed by atoms with Gasteiger partial charge in [-0.1, -0.05) is 12.8 Å². The van der Waals surface area contributed by atoms with E-state index in [1.165, 1.54) is 12.8 Å². The Hall–Kier alpha value is -2.25. The zero-order chi connectivity index (χ0) is 15.2. The highest BCUT2D eigenvalue weighted by Crippen LogP contribution is 2.22. The largest absolute Gasteiger partial charge is 0.465 e. The Balaban J connectivity index is 1.93. The lowest BCUT2D eigenvalue weighted by Gasteiger charge is -2.16. The van der Waals surface area contributed by atoms with Crippen molar-refractivity contribution in [1.29, 1.82) is 0 Å². The molecule has 1 unspecified atom stereocenters. The van der Waals surface area contributed by atoms with Gasteiger partial charge in [-0.05, 0) is 19.8 Å². The lowest BCUT2D eigenvalue weighted by Crippen LogP contribution is -2.36. The van der Waals surface area contributed by atoms with Gasteiger partial charge < -0.3 is 26.8 Å². The molecular formula is C13H22N6O2. The molecule has 0 spiro atoms. The summed E-state index contributed by atoms with van der Waals surface area (Å²) in [6.45, 7) is 2.16. The van der Waals surface area contributed by atoms with Crippen LogP contribution in [0.4, 0.5) is 22.2 Å². The second-order valence-electron chi connectivity index (χ2n) is 5.35. The molecule has 1 heterocycles. The second-order valence-corrected chi connectivity index (χ2v) is 5.35. The topological polar surface area (TPSA) is 125 Å². The lowest BCUT2D eigenvalue weighted by molar-refractivity contribution is 0.191. The Labute approximate surface area is 123 Å². The number of nitrogens with one attached hydrogen (secondary N) is 3. The highest BCUT2D eigenvalue weighted by atomic mass is 16.4. The Morgan fingerprint density at radius 2 is 2.24 bits per heavy atom. The summed E-state index contributed by atoms with van der Waals surface area (Å²) in [4.78, 5) is 19.1. The van der Waals surface area contributed by atoms with Crippen LogP contribution in [0.15, 0.2) is 6.20 Å². The van der Waals surface area contributed by atoms with E-state index in [0.29, 0.717) is 30.0 Å². The van der Waals surface area contributed by atoms with Crippen LogP contribution in [0, 0.1) is 0 Å². The first-order valence-corrected chi connectivity index (χ1v) is 7.17. The SMILES string of the molecule is CC(CNc1nc(NC2CCCC2)ncc1N)NC(=O)O. The second kappa shape index (κ2) is 6.96. The first kappa shape index (κ1) is 15.1. The van der Waals surface area contributed by atoms with E-state index in [4.69, 9.17) is 10.8 Å². The van der Waals surface area contributed by atoms with Crippen molar-refractivity contribution in [1.82, 2.24) is 15.3 Å². The van der Waals surface area contributed by atoms with Crippen LogP contribution < -0.4 is 21.7 Å². The van der Waals surface area contributed by atoms with Crippen molar-refractivity contribution in [2.75, 3.05) is 22.9 Å². The third kappa shape index (κ3) is 4.66. The normalized spacial score (nSPS) is 16.4. The van der Waals surface area contributed by atoms with Crippen molar-refractivity contribution in [2.45, 2.75) is 44.7 Å². The van der Waals surface area contributed by atoms with Gasteiger partial charge >= 0.3 is 6.09 Å². The molecule has 1 aliphatic carbocycles. The minimum atomic E-state index is -1.05. The standard InChI is InChI=1S/C13H22N6O2/c1-8(17-13(20)21)6-15-11-10(14)7-16-12(19-11)18-9-4-2-3-5-9/h7-9,17H,2-6,14H2,1H3,(H,20,21)(H2,15,16,18,19). The van der Waals surface area contributed by atoms with E-state index < -0.39 is 6.09 Å². The smallest absolute Gasteiger partial charge is 0.404 e. The van der Waals surface area contributed by atoms with Gasteiger partial charge in [-0.2, -0.15) is 4.98 Å². The third-order valence-electron chi connectivity index (χ3n) is 3.45. The van der Waals surface area contributed by atoms with Crippen LogP contribution in [0.25, 0.3) is 0 Å². The lowest BCUT2D eigenvalue weighted by atomic mass is 10.2. The van der Waals surface area contributed by atoms with E-state index in [1.54, 1.807) is 13.1 Å². The summed E-state index contributed by atoms with van der Waals surface area (Å²) in [5, 5.41) is 17.3. The first-order valence-electron chi connectivity index (χ1n) is 7.17. The highest BCUT2D eigenvalue weighted by molar-refractivity contribution is 5.65. The maximum Gasteiger partial charge on any atom is 0.404 e. The predicted octanol–water partition coefficient (Wildman–Crippen LogP) is 1.48. The number of hydrogen-bond acceptors (Lipinski definition) is 6. The van der Waals surface area contributed by atoms with Gasteiger partial charge in [0.25, 0.3) is 0 Å². The average molecular weight is 294 g/mol. The van der Waals surface area contributed by atoms with Gasteiger partial charge in [0.05, 0.1) is 11.9 Å². The summed E-state index contributed by atoms with van der Waals surface area (Å²) in [6.07, 6.45) is 5.24. The molecule has 8 nitrogen and oxygen atoms in total. The summed E-state index contributed by atoms with van der Waals surface area (Å²) in [5.74, 6) is 1.07. The van der Waals surface area contributed by atoms with E-state index in [0.717, 1.165) is 12.8 Å². The molecule has 1 saturated carbocycles. The van der Waals surface area contributed by atoms with Crippen molar-refractivity contribution >= 4 is 23.5 Å². The van der Waals surface area contributed by atoms with E-state index in [-0.39, 0.29) is 6.04 Å². The number of aromatic nitrogens is 2. The number of nitrogens with two attached hydrogens (primary N) is 1. The monoisotopic (exact) mass is 294 g/mol. The van der Waals surface area contributed by atoms with Crippen LogP contribution in [0.2, 0.25) is 0 Å². The molecule has 0 saturated heterocycles. The van der Waals surface area contributed by atoms with Gasteiger partial charge in [0.15, 0.2) is 5.82 Å². The Morgan fingerprint density at radius 1 is 1.52 bits per heavy atom. The minimum absolute atomic E-state index is 0.247. The molecule has 116 valence electrons. The molecule has 0 bridgehead atoms. The van der Waals surface area contributed by atoms with Crippen molar-refractivity contribution in [3.05, 3.63) is 6.20 Å². The molecule has 1 aromatic rings. The molecule has 1 atom stereocenters. The first-order chi connectivity index (χ1) is 10.0. The Kier molecular flexibility index (Phi) is 5.02. The van der Waals surface area contributed by atoms with Crippen LogP contribution in [0.3, 0.4) is 0 Å². The zero-order valence-electron chi connectivity index (χ0n) is 12.1. The van der Waals surface area contributed by atoms with E-state index in [2.05, 4.69) is 25.9 Å². The van der Waals surface area contributed by atoms with Crippen molar-refractivity contribution in [2.24, 2.45) is 0 Å². The van der Waals surface area contributed by atoms with Crippen LogP contribution in [-0.4, -0.2) is 39.8 Å². The Morgan fingerprint density at radius 3 is 2.90 bits per heavy atom. The number of rotatable bonds is 6. The fourth-order valence-electron chi connectivity index (χ4n) is 2.37. The van der Waals surface area contributed by atoms with E-state index in [1.807, 2.05) is 0 Å². The fraction of sp³-hybridized carbons (Fsp3) is 0.615. The molecule has 0 aromatic carbocycles. The van der Waals surface area contributed by atoms with Crippen LogP contribution in [0.5, 0.6) is 0 Å². The number of nitrogen functional groups attached to an aromatic ring is 1. The molecular weight excluding hydrogens is 272 g/mol. The third-order valence-corrected chi connectivity index (χ3v) is 3.45. The number of nitrogens with zero attached hydrogens (tertiary/aromatic N) is 2. The Bertz CT molecular complexity index is 490. The minimum Gasteiger partial charge on any atom is -0.465 e. The molecule has 1 amide bonds. The summed E-state index contributed by atoms with van der Waals surface area (Å²) in [5.41, 5.74) is 6.27. The van der Waals surface area contributed by atoms with Crippen LogP contribution >= 0.6 is 0 Å². The number of carboxylic acid groups (broad SMARTS) is 1. The summed E-state index contributed by atoms with van der Waals surface area (Å²) in [6, 6.07) is 0.178. The maximum atomic E-state index is 10.5. The van der Waals surface area contributed by atoms with Crippen LogP contribution in [-0.2, 0) is 0 Å². The fourth-order valence-corrected chi connectivity index (χ4v) is 2.37. The summed E-state index contributed by atoms with van der Waals surface area (Å²) in [7, 11) is 0. The quantitative estimate of drug-likeness (QED) is 0.538. The number of hydrogen-bond donors (Lipinski definition) is 5. The molecule has 0 radical (unpaired) electrons. The zero-order valence-corrected chi connectivity index (χ0v) is 12.1. The van der Waals surface area contributed by atoms with E-state index in [9.17, 15) is 4.79 Å². The van der Waals surface area contributed by atoms with E-state index >= 15 is 0 Å². The molecule has 1 aromatic heterocycles. The maximum absolute atomic E-state index is 10.5. The number of carbonyl (C=O) groups is 1. The molecule has 2 rings (SSSR count). The molecule has 6 N–H and O–H groups in total. The summed E-state index contributed by atoms with van der Waals surface area (Å²) < 4.78 is 0. The van der Waals surface area contributed by atoms with Gasteiger partial charge in [-0.15, -0.1) is 0 Å². The number of anilines is 3. The van der Waals surface area contributed by atoms with Gasteiger partial charge in [0, 0.05) is 18.6 Å². The van der Waals surface area contributed by atoms with Gasteiger partial charge in [-0.3, -0.25) is 0 Å². The van der Waals surface area contributed by atoms with Crippen molar-refractivity contribution in [3.8, 4) is 0 Å². The van der Waals surface area contributed by atoms with Crippen LogP contribution in [0.1, 0.15) is 32.6 Å². The molecule has 1 fully saturated rings. The predicted molar refractivity (Wildman–Crippen MR) is 81.4 cm³/mol. The van der Waals surface area contributed by atoms with Crippen molar-refractivity contribution < 1.29 is 9.90 Å². The van der Waals surface area contributed by atoms with Gasteiger partial charge in [0.2, 0.25) is 5.95 Å². The molecule has 0 aliphatic heterocycles. The van der Waals surface area contributed by atoms with Gasteiger partial charge in [-0.25, -0.2) is 9.78 Å². The number of amides is 1. The molecule has 1 aliphatic rings. The highest BCUT2D eigenvalue weighted by Gasteiger charge is 2.16. The summed E-state index contributed by atoms with van der Waals surface area (Å²) >= 11 is 0. The van der Waals surface area contributed by atoms with Gasteiger partial charge in [0.1, 0.15) is 0 Å².